The number of anilines is 1. The van der Waals surface area contributed by atoms with Crippen molar-refractivity contribution in [3.05, 3.63) is 18.2 Å². The normalized spacial score (nSPS) is 15.8. The number of nitrogens with zero attached hydrogens (tertiary/aromatic N) is 2. The summed E-state index contributed by atoms with van der Waals surface area (Å²) in [5.74, 6) is -0.977. The molecular weight excluding hydrogens is 354 g/mol. The molecule has 0 aromatic heterocycles. The molecule has 2 rings (SSSR count). The monoisotopic (exact) mass is 375 g/mol. The second-order valence-electron chi connectivity index (χ2n) is 5.81. The zero-order valence-electron chi connectivity index (χ0n) is 15.2. The highest BCUT2D eigenvalue weighted by molar-refractivity contribution is 6.00. The van der Waals surface area contributed by atoms with Gasteiger partial charge in [-0.25, -0.2) is 0 Å². The second kappa shape index (κ2) is 9.43. The number of nitrogens with one attached hydrogen (secondary N) is 1. The van der Waals surface area contributed by atoms with E-state index in [4.69, 9.17) is 19.5 Å². The van der Waals surface area contributed by atoms with Crippen LogP contribution in [0.2, 0.25) is 0 Å². The summed E-state index contributed by atoms with van der Waals surface area (Å²) in [5, 5.41) is 10.9. The van der Waals surface area contributed by atoms with Crippen molar-refractivity contribution in [1.82, 2.24) is 5.32 Å². The molecule has 1 N–H and O–H groups in total. The molecule has 1 aliphatic rings. The maximum Gasteiger partial charge on any atom is 0.311 e. The molecule has 9 heteroatoms. The van der Waals surface area contributed by atoms with Gasteiger partial charge in [0.05, 0.1) is 38.3 Å². The molecule has 1 atom stereocenters. The number of hydrogen-bond acceptors (Lipinski definition) is 7. The first-order valence-corrected chi connectivity index (χ1v) is 8.32. The molecule has 0 bridgehead atoms. The molecule has 0 aliphatic carbocycles. The van der Waals surface area contributed by atoms with Crippen LogP contribution in [0.4, 0.5) is 5.69 Å². The highest BCUT2D eigenvalue weighted by Gasteiger charge is 2.37. The lowest BCUT2D eigenvalue weighted by atomic mass is 10.1. The third-order valence-electron chi connectivity index (χ3n) is 4.04. The molecule has 1 heterocycles. The van der Waals surface area contributed by atoms with Gasteiger partial charge in [-0.3, -0.25) is 14.4 Å². The van der Waals surface area contributed by atoms with Crippen LogP contribution in [0.1, 0.15) is 12.8 Å². The van der Waals surface area contributed by atoms with E-state index in [2.05, 4.69) is 5.32 Å². The van der Waals surface area contributed by atoms with E-state index in [0.717, 1.165) is 0 Å². The summed E-state index contributed by atoms with van der Waals surface area (Å²) in [4.78, 5) is 37.5. The van der Waals surface area contributed by atoms with Crippen LogP contribution in [0, 0.1) is 17.2 Å². The lowest BCUT2D eigenvalue weighted by molar-refractivity contribution is -0.152. The predicted octanol–water partition coefficient (Wildman–Crippen LogP) is 0.630. The van der Waals surface area contributed by atoms with Gasteiger partial charge < -0.3 is 24.4 Å². The van der Waals surface area contributed by atoms with Gasteiger partial charge in [-0.15, -0.1) is 0 Å². The molecule has 1 aliphatic heterocycles. The number of nitriles is 1. The number of benzene rings is 1. The minimum Gasteiger partial charge on any atom is -0.497 e. The Hall–Kier alpha value is -3.28. The SMILES string of the molecule is COc1ccc(N2C[C@@H](C(=O)OCC(=O)NCCC#N)CC2=O)c(OC)c1. The minimum atomic E-state index is -0.670. The van der Waals surface area contributed by atoms with Crippen molar-refractivity contribution in [3.63, 3.8) is 0 Å². The van der Waals surface area contributed by atoms with Gasteiger partial charge in [-0.05, 0) is 12.1 Å². The quantitative estimate of drug-likeness (QED) is 0.523. The zero-order chi connectivity index (χ0) is 19.8. The van der Waals surface area contributed by atoms with Crippen LogP contribution in [-0.4, -0.2) is 51.7 Å². The zero-order valence-corrected chi connectivity index (χ0v) is 15.2. The Balaban J connectivity index is 1.96. The highest BCUT2D eigenvalue weighted by atomic mass is 16.5. The fourth-order valence-corrected chi connectivity index (χ4v) is 2.67. The third-order valence-corrected chi connectivity index (χ3v) is 4.04. The van der Waals surface area contributed by atoms with Crippen molar-refractivity contribution in [2.75, 3.05) is 38.8 Å². The molecule has 1 fully saturated rings. The van der Waals surface area contributed by atoms with E-state index in [1.54, 1.807) is 18.2 Å². The molecule has 1 saturated heterocycles. The third kappa shape index (κ3) is 5.10. The summed E-state index contributed by atoms with van der Waals surface area (Å²) >= 11 is 0. The molecule has 1 aromatic rings. The maximum atomic E-state index is 12.3. The smallest absolute Gasteiger partial charge is 0.311 e. The van der Waals surface area contributed by atoms with Gasteiger partial charge in [0, 0.05) is 25.6 Å². The molecule has 0 radical (unpaired) electrons. The van der Waals surface area contributed by atoms with Crippen LogP contribution in [0.25, 0.3) is 0 Å². The van der Waals surface area contributed by atoms with E-state index >= 15 is 0 Å². The lowest BCUT2D eigenvalue weighted by Gasteiger charge is -2.20. The molecular formula is C18H21N3O6. The van der Waals surface area contributed by atoms with Gasteiger partial charge in [0.2, 0.25) is 5.91 Å². The fourth-order valence-electron chi connectivity index (χ4n) is 2.67. The van der Waals surface area contributed by atoms with Gasteiger partial charge in [0.25, 0.3) is 5.91 Å². The second-order valence-corrected chi connectivity index (χ2v) is 5.81. The van der Waals surface area contributed by atoms with Crippen molar-refractivity contribution in [2.24, 2.45) is 5.92 Å². The fraction of sp³-hybridized carbons (Fsp3) is 0.444. The number of ether oxygens (including phenoxy) is 3. The Morgan fingerprint density at radius 3 is 2.78 bits per heavy atom. The molecule has 0 spiro atoms. The Morgan fingerprint density at radius 1 is 1.33 bits per heavy atom. The van der Waals surface area contributed by atoms with Gasteiger partial charge in [-0.1, -0.05) is 0 Å². The van der Waals surface area contributed by atoms with E-state index in [0.29, 0.717) is 17.2 Å². The van der Waals surface area contributed by atoms with Gasteiger partial charge in [0.15, 0.2) is 6.61 Å². The molecule has 9 nitrogen and oxygen atoms in total. The summed E-state index contributed by atoms with van der Waals surface area (Å²) in [6.07, 6.45) is 0.166. The first-order valence-electron chi connectivity index (χ1n) is 8.32. The van der Waals surface area contributed by atoms with Crippen LogP contribution in [-0.2, 0) is 19.1 Å². The first-order chi connectivity index (χ1) is 13.0. The average Bonchev–Trinajstić information content (AvgIpc) is 3.07. The van der Waals surface area contributed by atoms with Crippen molar-refractivity contribution >= 4 is 23.5 Å². The number of hydrogen-bond donors (Lipinski definition) is 1. The Morgan fingerprint density at radius 2 is 2.11 bits per heavy atom. The summed E-state index contributed by atoms with van der Waals surface area (Å²) in [5.41, 5.74) is 0.535. The molecule has 27 heavy (non-hydrogen) atoms. The standard InChI is InChI=1S/C18H21N3O6/c1-25-13-4-5-14(15(9-13)26-2)21-10-12(8-17(21)23)18(24)27-11-16(22)20-7-3-6-19/h4-5,9,12H,3,7-8,10-11H2,1-2H3,(H,20,22)/t12-/m0/s1. The average molecular weight is 375 g/mol. The summed E-state index contributed by atoms with van der Waals surface area (Å²) in [6, 6.07) is 6.93. The van der Waals surface area contributed by atoms with Gasteiger partial charge >= 0.3 is 5.97 Å². The number of carbonyl (C=O) groups is 3. The lowest BCUT2D eigenvalue weighted by Crippen LogP contribution is -2.31. The van der Waals surface area contributed by atoms with Crippen LogP contribution in [0.3, 0.4) is 0 Å². The van der Waals surface area contributed by atoms with E-state index in [-0.39, 0.29) is 31.8 Å². The van der Waals surface area contributed by atoms with Gasteiger partial charge in [-0.2, -0.15) is 5.26 Å². The van der Waals surface area contributed by atoms with Crippen molar-refractivity contribution in [3.8, 4) is 17.6 Å². The van der Waals surface area contributed by atoms with Crippen molar-refractivity contribution < 1.29 is 28.6 Å². The number of amides is 2. The molecule has 0 unspecified atom stereocenters. The van der Waals surface area contributed by atoms with Crippen LogP contribution < -0.4 is 19.7 Å². The Kier molecular flexibility index (Phi) is 7.00. The summed E-state index contributed by atoms with van der Waals surface area (Å²) < 4.78 is 15.4. The van der Waals surface area contributed by atoms with Crippen molar-refractivity contribution in [1.29, 1.82) is 5.26 Å². The molecule has 0 saturated carbocycles. The highest BCUT2D eigenvalue weighted by Crippen LogP contribution is 2.35. The van der Waals surface area contributed by atoms with E-state index < -0.39 is 24.4 Å². The Labute approximate surface area is 156 Å². The van der Waals surface area contributed by atoms with Crippen LogP contribution in [0.15, 0.2) is 18.2 Å². The maximum absolute atomic E-state index is 12.3. The number of methoxy groups -OCH3 is 2. The van der Waals surface area contributed by atoms with E-state index in [1.807, 2.05) is 6.07 Å². The molecule has 2 amide bonds. The Bertz CT molecular complexity index is 758. The number of rotatable bonds is 8. The topological polar surface area (TPSA) is 118 Å². The van der Waals surface area contributed by atoms with E-state index in [1.165, 1.54) is 19.1 Å². The predicted molar refractivity (Wildman–Crippen MR) is 94.2 cm³/mol. The van der Waals surface area contributed by atoms with Crippen LogP contribution >= 0.6 is 0 Å². The van der Waals surface area contributed by atoms with E-state index in [9.17, 15) is 14.4 Å². The first kappa shape index (κ1) is 20.0. The summed E-state index contributed by atoms with van der Waals surface area (Å²) in [6.45, 7) is -0.114. The summed E-state index contributed by atoms with van der Waals surface area (Å²) in [7, 11) is 3.01. The molecule has 1 aromatic carbocycles. The number of esters is 1. The molecule has 144 valence electrons. The van der Waals surface area contributed by atoms with Crippen molar-refractivity contribution in [2.45, 2.75) is 12.8 Å². The number of carbonyl (C=O) groups excluding carboxylic acids is 3. The van der Waals surface area contributed by atoms with Gasteiger partial charge in [0.1, 0.15) is 11.5 Å². The minimum absolute atomic E-state index is 0.00985. The van der Waals surface area contributed by atoms with Crippen LogP contribution in [0.5, 0.6) is 11.5 Å². The largest absolute Gasteiger partial charge is 0.497 e.